The van der Waals surface area contributed by atoms with Crippen LogP contribution in [0.25, 0.3) is 0 Å². The maximum Gasteiger partial charge on any atom is 0.229 e. The molecule has 1 amide bonds. The van der Waals surface area contributed by atoms with Gasteiger partial charge in [0.05, 0.1) is 5.92 Å². The van der Waals surface area contributed by atoms with Gasteiger partial charge in [0.25, 0.3) is 0 Å². The van der Waals surface area contributed by atoms with E-state index in [1.807, 2.05) is 24.9 Å². The van der Waals surface area contributed by atoms with Crippen LogP contribution in [0.15, 0.2) is 24.3 Å². The summed E-state index contributed by atoms with van der Waals surface area (Å²) in [5.41, 5.74) is 0.755. The molecule has 0 saturated carbocycles. The molecule has 0 radical (unpaired) electrons. The second kappa shape index (κ2) is 8.35. The lowest BCUT2D eigenvalue weighted by atomic mass is 9.94. The number of amides is 1. The van der Waals surface area contributed by atoms with Crippen LogP contribution in [0.1, 0.15) is 31.2 Å². The highest BCUT2D eigenvalue weighted by Crippen LogP contribution is 2.23. The molecule has 1 N–H and O–H groups in total. The van der Waals surface area contributed by atoms with Crippen LogP contribution in [0, 0.1) is 11.7 Å². The van der Waals surface area contributed by atoms with Gasteiger partial charge in [-0.1, -0.05) is 12.1 Å². The molecule has 2 atom stereocenters. The third-order valence-electron chi connectivity index (χ3n) is 4.04. The Morgan fingerprint density at radius 3 is 2.95 bits per heavy atom. The molecule has 1 heterocycles. The van der Waals surface area contributed by atoms with Gasteiger partial charge in [0, 0.05) is 13.1 Å². The van der Waals surface area contributed by atoms with E-state index in [2.05, 4.69) is 5.32 Å². The lowest BCUT2D eigenvalue weighted by molar-refractivity contribution is -0.134. The van der Waals surface area contributed by atoms with Crippen molar-refractivity contribution in [2.24, 2.45) is 5.92 Å². The summed E-state index contributed by atoms with van der Waals surface area (Å²) in [6.45, 7) is 4.43. The van der Waals surface area contributed by atoms with E-state index < -0.39 is 0 Å². The molecule has 1 aromatic rings. The Hall–Kier alpha value is -1.13. The van der Waals surface area contributed by atoms with E-state index in [9.17, 15) is 9.18 Å². The van der Waals surface area contributed by atoms with Crippen LogP contribution < -0.4 is 5.32 Å². The standard InChI is InChI=1S/C16H23FN2O.ClH/c1-12(14-6-3-7-15(17)9-14)16(20)19-8-4-5-13(11-19)10-18-2;/h3,6-7,9,12-13,18H,4-5,8,10-11H2,1-2H3;1H. The van der Waals surface area contributed by atoms with Gasteiger partial charge in [-0.05, 0) is 57.0 Å². The first-order valence-corrected chi connectivity index (χ1v) is 7.30. The van der Waals surface area contributed by atoms with Gasteiger partial charge in [-0.3, -0.25) is 4.79 Å². The first-order valence-electron chi connectivity index (χ1n) is 7.30. The van der Waals surface area contributed by atoms with Crippen molar-refractivity contribution in [3.8, 4) is 0 Å². The summed E-state index contributed by atoms with van der Waals surface area (Å²) in [6, 6.07) is 6.34. The zero-order valence-electron chi connectivity index (χ0n) is 12.6. The summed E-state index contributed by atoms with van der Waals surface area (Å²) < 4.78 is 13.3. The van der Waals surface area contributed by atoms with Crippen molar-refractivity contribution in [3.05, 3.63) is 35.6 Å². The Labute approximate surface area is 132 Å². The Bertz CT molecular complexity index is 467. The van der Waals surface area contributed by atoms with E-state index in [-0.39, 0.29) is 30.0 Å². The Kier molecular flexibility index (Phi) is 7.12. The van der Waals surface area contributed by atoms with Gasteiger partial charge < -0.3 is 10.2 Å². The van der Waals surface area contributed by atoms with E-state index in [0.717, 1.165) is 31.6 Å². The van der Waals surface area contributed by atoms with Crippen LogP contribution in [0.2, 0.25) is 0 Å². The molecular weight excluding hydrogens is 291 g/mol. The summed E-state index contributed by atoms with van der Waals surface area (Å²) in [7, 11) is 1.94. The number of likely N-dealkylation sites (tertiary alicyclic amines) is 1. The fourth-order valence-electron chi connectivity index (χ4n) is 2.91. The quantitative estimate of drug-likeness (QED) is 0.927. The second-order valence-electron chi connectivity index (χ2n) is 5.63. The molecule has 1 saturated heterocycles. The summed E-state index contributed by atoms with van der Waals surface area (Å²) >= 11 is 0. The molecule has 21 heavy (non-hydrogen) atoms. The molecule has 118 valence electrons. The van der Waals surface area contributed by atoms with Crippen molar-refractivity contribution in [3.63, 3.8) is 0 Å². The molecule has 0 aromatic heterocycles. The maximum absolute atomic E-state index is 13.3. The van der Waals surface area contributed by atoms with Crippen LogP contribution in [0.5, 0.6) is 0 Å². The average Bonchev–Trinajstić information content (AvgIpc) is 2.46. The molecule has 2 rings (SSSR count). The van der Waals surface area contributed by atoms with Gasteiger partial charge >= 0.3 is 0 Å². The molecule has 0 bridgehead atoms. The minimum atomic E-state index is -0.283. The zero-order chi connectivity index (χ0) is 14.5. The normalized spacial score (nSPS) is 19.8. The summed E-state index contributed by atoms with van der Waals surface area (Å²) in [5.74, 6) is 0.0710. The Morgan fingerprint density at radius 2 is 2.29 bits per heavy atom. The highest BCUT2D eigenvalue weighted by atomic mass is 35.5. The molecule has 1 aliphatic rings. The number of carbonyl (C=O) groups excluding carboxylic acids is 1. The van der Waals surface area contributed by atoms with Crippen molar-refractivity contribution in [2.45, 2.75) is 25.7 Å². The molecule has 3 nitrogen and oxygen atoms in total. The third-order valence-corrected chi connectivity index (χ3v) is 4.04. The predicted molar refractivity (Wildman–Crippen MR) is 85.3 cm³/mol. The molecule has 0 spiro atoms. The number of carbonyl (C=O) groups is 1. The van der Waals surface area contributed by atoms with Crippen molar-refractivity contribution < 1.29 is 9.18 Å². The van der Waals surface area contributed by atoms with E-state index in [0.29, 0.717) is 5.92 Å². The van der Waals surface area contributed by atoms with Crippen molar-refractivity contribution >= 4 is 18.3 Å². The molecule has 1 aromatic carbocycles. The van der Waals surface area contributed by atoms with Gasteiger partial charge in [0.15, 0.2) is 0 Å². The molecule has 1 fully saturated rings. The Balaban J connectivity index is 0.00000220. The number of nitrogens with zero attached hydrogens (tertiary/aromatic N) is 1. The Morgan fingerprint density at radius 1 is 1.52 bits per heavy atom. The number of piperidine rings is 1. The van der Waals surface area contributed by atoms with Crippen LogP contribution >= 0.6 is 12.4 Å². The van der Waals surface area contributed by atoms with Crippen molar-refractivity contribution in [2.75, 3.05) is 26.7 Å². The lowest BCUT2D eigenvalue weighted by Gasteiger charge is -2.34. The first kappa shape index (κ1) is 17.9. The number of nitrogens with one attached hydrogen (secondary N) is 1. The summed E-state index contributed by atoms with van der Waals surface area (Å²) in [6.07, 6.45) is 2.22. The molecule has 2 unspecified atom stereocenters. The van der Waals surface area contributed by atoms with Gasteiger partial charge in [-0.15, -0.1) is 12.4 Å². The highest BCUT2D eigenvalue weighted by molar-refractivity contribution is 5.85. The monoisotopic (exact) mass is 314 g/mol. The fourth-order valence-corrected chi connectivity index (χ4v) is 2.91. The SMILES string of the molecule is CNCC1CCCN(C(=O)C(C)c2cccc(F)c2)C1.Cl. The van der Waals surface area contributed by atoms with Crippen molar-refractivity contribution in [1.82, 2.24) is 10.2 Å². The van der Waals surface area contributed by atoms with Gasteiger partial charge in [-0.2, -0.15) is 0 Å². The maximum atomic E-state index is 13.3. The highest BCUT2D eigenvalue weighted by Gasteiger charge is 2.27. The number of hydrogen-bond acceptors (Lipinski definition) is 2. The van der Waals surface area contributed by atoms with Crippen LogP contribution in [0.4, 0.5) is 4.39 Å². The average molecular weight is 315 g/mol. The smallest absolute Gasteiger partial charge is 0.229 e. The molecule has 5 heteroatoms. The number of benzene rings is 1. The predicted octanol–water partition coefficient (Wildman–Crippen LogP) is 2.81. The van der Waals surface area contributed by atoms with E-state index in [4.69, 9.17) is 0 Å². The van der Waals surface area contributed by atoms with Crippen LogP contribution in [-0.4, -0.2) is 37.5 Å². The topological polar surface area (TPSA) is 32.3 Å². The minimum Gasteiger partial charge on any atom is -0.342 e. The minimum absolute atomic E-state index is 0. The van der Waals surface area contributed by atoms with E-state index >= 15 is 0 Å². The van der Waals surface area contributed by atoms with Gasteiger partial charge in [0.1, 0.15) is 5.82 Å². The fraction of sp³-hybridized carbons (Fsp3) is 0.562. The molecule has 1 aliphatic heterocycles. The van der Waals surface area contributed by atoms with Crippen molar-refractivity contribution in [1.29, 1.82) is 0 Å². The summed E-state index contributed by atoms with van der Waals surface area (Å²) in [5, 5.41) is 3.18. The largest absolute Gasteiger partial charge is 0.342 e. The van der Waals surface area contributed by atoms with E-state index in [1.165, 1.54) is 18.6 Å². The first-order chi connectivity index (χ1) is 9.61. The number of hydrogen-bond donors (Lipinski definition) is 1. The number of rotatable bonds is 4. The molecular formula is C16H24ClFN2O. The van der Waals surface area contributed by atoms with E-state index in [1.54, 1.807) is 6.07 Å². The summed E-state index contributed by atoms with van der Waals surface area (Å²) in [4.78, 5) is 14.5. The lowest BCUT2D eigenvalue weighted by Crippen LogP contribution is -2.44. The van der Waals surface area contributed by atoms with Crippen LogP contribution in [0.3, 0.4) is 0 Å². The van der Waals surface area contributed by atoms with Gasteiger partial charge in [-0.25, -0.2) is 4.39 Å². The number of halogens is 2. The zero-order valence-corrected chi connectivity index (χ0v) is 13.5. The van der Waals surface area contributed by atoms with Crippen LogP contribution in [-0.2, 0) is 4.79 Å². The van der Waals surface area contributed by atoms with Gasteiger partial charge in [0.2, 0.25) is 5.91 Å². The second-order valence-corrected chi connectivity index (χ2v) is 5.63. The molecule has 0 aliphatic carbocycles. The third kappa shape index (κ3) is 4.68.